The quantitative estimate of drug-likeness (QED) is 0.567. The Balaban J connectivity index is 2.11. The molecule has 3 aromatic rings. The molecule has 0 aliphatic carbocycles. The first-order valence-corrected chi connectivity index (χ1v) is 8.03. The third-order valence-corrected chi connectivity index (χ3v) is 4.31. The van der Waals surface area contributed by atoms with Crippen molar-refractivity contribution in [3.05, 3.63) is 79.7 Å². The highest BCUT2D eigenvalue weighted by molar-refractivity contribution is 9.10. The third-order valence-electron chi connectivity index (χ3n) is 3.26. The number of hydrogen-bond donors (Lipinski definition) is 0. The number of hydrogen-bond acceptors (Lipinski definition) is 2. The molecule has 4 nitrogen and oxygen atoms in total. The van der Waals surface area contributed by atoms with E-state index in [1.165, 1.54) is 0 Å². The smallest absolute Gasteiger partial charge is 0.299 e. The van der Waals surface area contributed by atoms with Crippen LogP contribution < -0.4 is 4.54 Å². The van der Waals surface area contributed by atoms with Crippen molar-refractivity contribution in [3.8, 4) is 22.5 Å². The minimum Gasteiger partial charge on any atom is -0.755 e. The van der Waals surface area contributed by atoms with Gasteiger partial charge in [-0.1, -0.05) is 44.0 Å². The van der Waals surface area contributed by atoms with E-state index in [9.17, 15) is 10.1 Å². The zero-order chi connectivity index (χ0) is 15.7. The van der Waals surface area contributed by atoms with E-state index in [2.05, 4.69) is 31.9 Å². The van der Waals surface area contributed by atoms with E-state index in [4.69, 9.17) is 0 Å². The highest BCUT2D eigenvalue weighted by atomic mass is 79.9. The minimum absolute atomic E-state index is 0.309. The van der Waals surface area contributed by atoms with E-state index in [-0.39, 0.29) is 0 Å². The molecule has 1 aromatic heterocycles. The predicted octanol–water partition coefficient (Wildman–Crippen LogP) is 4.61. The number of rotatable bonds is 2. The Morgan fingerprint density at radius 3 is 1.82 bits per heavy atom. The molecule has 0 fully saturated rings. The zero-order valence-corrected chi connectivity index (χ0v) is 14.4. The van der Waals surface area contributed by atoms with Gasteiger partial charge in [-0.3, -0.25) is 0 Å². The van der Waals surface area contributed by atoms with Crippen molar-refractivity contribution in [1.29, 1.82) is 0 Å². The molecule has 0 unspecified atom stereocenters. The van der Waals surface area contributed by atoms with Crippen LogP contribution in [0.1, 0.15) is 0 Å². The maximum absolute atomic E-state index is 12.3. The Hall–Kier alpha value is -1.92. The highest BCUT2D eigenvalue weighted by Crippen LogP contribution is 2.23. The van der Waals surface area contributed by atoms with E-state index in [1.807, 2.05) is 24.3 Å². The molecule has 3 rings (SSSR count). The van der Waals surface area contributed by atoms with Crippen molar-refractivity contribution in [2.24, 2.45) is 0 Å². The highest BCUT2D eigenvalue weighted by Gasteiger charge is 2.15. The van der Waals surface area contributed by atoms with Gasteiger partial charge in [-0.05, 0) is 42.5 Å². The molecule has 110 valence electrons. The number of halogens is 2. The second-order valence-corrected chi connectivity index (χ2v) is 6.49. The second kappa shape index (κ2) is 6.06. The Morgan fingerprint density at radius 1 is 0.773 bits per heavy atom. The molecule has 0 N–H and O–H groups in total. The average Bonchev–Trinajstić information content (AvgIpc) is 2.52. The van der Waals surface area contributed by atoms with Gasteiger partial charge >= 0.3 is 0 Å². The van der Waals surface area contributed by atoms with Crippen LogP contribution in [0.2, 0.25) is 0 Å². The fourth-order valence-corrected chi connectivity index (χ4v) is 2.66. The van der Waals surface area contributed by atoms with E-state index < -0.39 is 0 Å². The van der Waals surface area contributed by atoms with Crippen LogP contribution >= 0.6 is 31.9 Å². The first-order valence-electron chi connectivity index (χ1n) is 6.44. The van der Waals surface area contributed by atoms with Gasteiger partial charge in [-0.15, -0.1) is 4.85 Å². The van der Waals surface area contributed by atoms with Crippen molar-refractivity contribution in [1.82, 2.24) is 4.85 Å². The van der Waals surface area contributed by atoms with Gasteiger partial charge in [0.15, 0.2) is 4.54 Å². The van der Waals surface area contributed by atoms with Crippen LogP contribution in [0.3, 0.4) is 0 Å². The molecule has 0 bridgehead atoms. The third kappa shape index (κ3) is 2.84. The zero-order valence-electron chi connectivity index (χ0n) is 11.2. The van der Waals surface area contributed by atoms with Crippen molar-refractivity contribution < 1.29 is 4.54 Å². The molecule has 0 atom stereocenters. The van der Waals surface area contributed by atoms with Gasteiger partial charge in [0, 0.05) is 20.6 Å². The van der Waals surface area contributed by atoms with E-state index in [0.29, 0.717) is 31.9 Å². The average molecular weight is 422 g/mol. The lowest BCUT2D eigenvalue weighted by Crippen LogP contribution is -2.31. The van der Waals surface area contributed by atoms with E-state index in [1.54, 1.807) is 36.4 Å². The fraction of sp³-hybridized carbons (Fsp3) is 0. The molecular formula is C16H10Br2N2O2. The standard InChI is InChI=1S/C16H10Br2N2O2/c17-13-5-1-11(2-6-13)15-9-10-16(20(22)19(15)21)12-3-7-14(18)8-4-12/h1-10H. The summed E-state index contributed by atoms with van der Waals surface area (Å²) in [6.45, 7) is 0. The van der Waals surface area contributed by atoms with Gasteiger partial charge in [0.1, 0.15) is 5.69 Å². The molecule has 2 aromatic carbocycles. The molecule has 0 amide bonds. The maximum Gasteiger partial charge on any atom is 0.299 e. The Bertz CT molecular complexity index is 872. The van der Waals surface area contributed by atoms with Crippen LogP contribution in [0.25, 0.3) is 22.5 Å². The Kier molecular flexibility index (Phi) is 4.13. The van der Waals surface area contributed by atoms with E-state index >= 15 is 0 Å². The van der Waals surface area contributed by atoms with Gasteiger partial charge in [0.05, 0.1) is 10.5 Å². The summed E-state index contributed by atoms with van der Waals surface area (Å²) >= 11 is 6.69. The summed E-state index contributed by atoms with van der Waals surface area (Å²) in [5.41, 5.74) is 1.99. The van der Waals surface area contributed by atoms with Crippen LogP contribution in [0.4, 0.5) is 0 Å². The Morgan fingerprint density at radius 2 is 1.27 bits per heavy atom. The van der Waals surface area contributed by atoms with Crippen molar-refractivity contribution in [2.75, 3.05) is 0 Å². The number of benzene rings is 2. The lowest BCUT2D eigenvalue weighted by molar-refractivity contribution is -0.574. The molecule has 22 heavy (non-hydrogen) atoms. The molecule has 0 saturated carbocycles. The number of nitrogens with zero attached hydrogens (tertiary/aromatic N) is 2. The fourth-order valence-electron chi connectivity index (χ4n) is 2.14. The molecule has 0 radical (unpaired) electrons. The lowest BCUT2D eigenvalue weighted by atomic mass is 10.1. The minimum atomic E-state index is 0.309. The predicted molar refractivity (Wildman–Crippen MR) is 92.8 cm³/mol. The maximum atomic E-state index is 12.3. The van der Waals surface area contributed by atoms with Gasteiger partial charge in [-0.2, -0.15) is 0 Å². The van der Waals surface area contributed by atoms with Gasteiger partial charge < -0.3 is 5.21 Å². The molecule has 1 heterocycles. The molecule has 0 aliphatic heterocycles. The van der Waals surface area contributed by atoms with Crippen LogP contribution in [0, 0.1) is 10.1 Å². The Labute approximate surface area is 143 Å². The van der Waals surface area contributed by atoms with Crippen LogP contribution in [-0.4, -0.2) is 4.85 Å². The van der Waals surface area contributed by atoms with Crippen molar-refractivity contribution in [2.45, 2.75) is 0 Å². The van der Waals surface area contributed by atoms with Gasteiger partial charge in [-0.25, -0.2) is 0 Å². The van der Waals surface area contributed by atoms with Crippen molar-refractivity contribution in [3.63, 3.8) is 0 Å². The monoisotopic (exact) mass is 420 g/mol. The summed E-state index contributed by atoms with van der Waals surface area (Å²) < 4.78 is 2.19. The SMILES string of the molecule is O=[n+]1c(-c2ccc(Br)cc2)ccc(-c2ccc(Br)cc2)n1[O-]. The summed E-state index contributed by atoms with van der Waals surface area (Å²) in [6.07, 6.45) is 0. The topological polar surface area (TPSA) is 51.0 Å². The van der Waals surface area contributed by atoms with Crippen molar-refractivity contribution >= 4 is 31.9 Å². The molecular weight excluding hydrogens is 412 g/mol. The first kappa shape index (κ1) is 15.0. The molecule has 0 spiro atoms. The molecule has 0 aliphatic rings. The second-order valence-electron chi connectivity index (χ2n) is 4.66. The van der Waals surface area contributed by atoms with Crippen LogP contribution in [0.15, 0.2) is 69.6 Å². The van der Waals surface area contributed by atoms with Crippen LogP contribution in [-0.2, 0) is 0 Å². The normalized spacial score (nSPS) is 10.6. The van der Waals surface area contributed by atoms with Crippen LogP contribution in [0.5, 0.6) is 0 Å². The summed E-state index contributed by atoms with van der Waals surface area (Å²) in [4.78, 5) is 12.6. The molecule has 6 heteroatoms. The summed E-state index contributed by atoms with van der Waals surface area (Å²) in [7, 11) is 0. The summed E-state index contributed by atoms with van der Waals surface area (Å²) in [5, 5.41) is 12.3. The largest absolute Gasteiger partial charge is 0.755 e. The molecule has 0 saturated heterocycles. The summed E-state index contributed by atoms with van der Waals surface area (Å²) in [5.74, 6) is 0. The van der Waals surface area contributed by atoms with Gasteiger partial charge in [0.25, 0.3) is 5.69 Å². The lowest BCUT2D eigenvalue weighted by Gasteiger charge is -2.09. The first-order chi connectivity index (χ1) is 10.6. The summed E-state index contributed by atoms with van der Waals surface area (Å²) in [6, 6.07) is 17.8. The number of aromatic nitrogens is 2. The van der Waals surface area contributed by atoms with E-state index in [0.717, 1.165) is 8.95 Å². The van der Waals surface area contributed by atoms with Gasteiger partial charge in [0.2, 0.25) is 0 Å².